The number of aromatic carboxylic acids is 1. The van der Waals surface area contributed by atoms with Crippen molar-refractivity contribution < 1.29 is 9.90 Å². The summed E-state index contributed by atoms with van der Waals surface area (Å²) < 4.78 is 1.77. The van der Waals surface area contributed by atoms with E-state index in [2.05, 4.69) is 31.1 Å². The monoisotopic (exact) mass is 253 g/mol. The number of carboxylic acid groups (broad SMARTS) is 1. The molecule has 5 heteroatoms. The molecule has 102 valence electrons. The molecule has 1 aromatic heterocycles. The van der Waals surface area contributed by atoms with E-state index in [9.17, 15) is 4.79 Å². The summed E-state index contributed by atoms with van der Waals surface area (Å²) in [5, 5.41) is 16.9. The summed E-state index contributed by atoms with van der Waals surface area (Å²) in [6, 6.07) is 0. The SMILES string of the molecule is CCCCCn1nnc(C(=O)O)c1CCC(C)C. The van der Waals surface area contributed by atoms with Crippen LogP contribution in [0.5, 0.6) is 0 Å². The van der Waals surface area contributed by atoms with Crippen molar-refractivity contribution in [2.24, 2.45) is 5.92 Å². The molecule has 1 heterocycles. The lowest BCUT2D eigenvalue weighted by atomic mass is 10.1. The van der Waals surface area contributed by atoms with Crippen LogP contribution in [0.4, 0.5) is 0 Å². The first-order chi connectivity index (χ1) is 8.56. The zero-order valence-corrected chi connectivity index (χ0v) is 11.5. The van der Waals surface area contributed by atoms with Crippen LogP contribution >= 0.6 is 0 Å². The van der Waals surface area contributed by atoms with Gasteiger partial charge in [0.05, 0.1) is 5.69 Å². The quantitative estimate of drug-likeness (QED) is 0.723. The third-order valence-electron chi connectivity index (χ3n) is 2.97. The predicted molar refractivity (Wildman–Crippen MR) is 69.7 cm³/mol. The Balaban J connectivity index is 2.78. The fourth-order valence-corrected chi connectivity index (χ4v) is 1.86. The Morgan fingerprint density at radius 3 is 2.67 bits per heavy atom. The molecule has 0 aliphatic carbocycles. The van der Waals surface area contributed by atoms with E-state index in [0.717, 1.165) is 44.3 Å². The molecule has 0 fully saturated rings. The average Bonchev–Trinajstić information content (AvgIpc) is 2.70. The van der Waals surface area contributed by atoms with Crippen molar-refractivity contribution in [3.05, 3.63) is 11.4 Å². The van der Waals surface area contributed by atoms with Gasteiger partial charge in [-0.2, -0.15) is 0 Å². The van der Waals surface area contributed by atoms with Crippen molar-refractivity contribution in [3.63, 3.8) is 0 Å². The molecular weight excluding hydrogens is 230 g/mol. The number of carboxylic acids is 1. The average molecular weight is 253 g/mol. The zero-order valence-electron chi connectivity index (χ0n) is 11.5. The molecule has 0 aliphatic rings. The molecule has 0 bridgehead atoms. The van der Waals surface area contributed by atoms with Crippen molar-refractivity contribution in [1.29, 1.82) is 0 Å². The van der Waals surface area contributed by atoms with Gasteiger partial charge in [-0.3, -0.25) is 0 Å². The maximum atomic E-state index is 11.1. The predicted octanol–water partition coefficient (Wildman–Crippen LogP) is 2.76. The highest BCUT2D eigenvalue weighted by molar-refractivity contribution is 5.86. The van der Waals surface area contributed by atoms with Crippen LogP contribution in [0.2, 0.25) is 0 Å². The van der Waals surface area contributed by atoms with Gasteiger partial charge in [0, 0.05) is 6.54 Å². The molecule has 0 aromatic carbocycles. The molecule has 1 aromatic rings. The van der Waals surface area contributed by atoms with Gasteiger partial charge in [-0.25, -0.2) is 9.48 Å². The number of unbranched alkanes of at least 4 members (excludes halogenated alkanes) is 2. The largest absolute Gasteiger partial charge is 0.476 e. The van der Waals surface area contributed by atoms with Crippen LogP contribution in [-0.2, 0) is 13.0 Å². The smallest absolute Gasteiger partial charge is 0.358 e. The zero-order chi connectivity index (χ0) is 13.5. The minimum atomic E-state index is -0.976. The van der Waals surface area contributed by atoms with Gasteiger partial charge in [0.1, 0.15) is 0 Å². The van der Waals surface area contributed by atoms with Crippen molar-refractivity contribution in [2.45, 2.75) is 59.4 Å². The minimum Gasteiger partial charge on any atom is -0.476 e. The van der Waals surface area contributed by atoms with Crippen LogP contribution in [0.25, 0.3) is 0 Å². The van der Waals surface area contributed by atoms with Gasteiger partial charge in [0.25, 0.3) is 0 Å². The lowest BCUT2D eigenvalue weighted by Gasteiger charge is -2.08. The Labute approximate surface area is 108 Å². The lowest BCUT2D eigenvalue weighted by molar-refractivity contribution is 0.0689. The van der Waals surface area contributed by atoms with E-state index in [1.807, 2.05) is 0 Å². The molecule has 0 saturated heterocycles. The highest BCUT2D eigenvalue weighted by Gasteiger charge is 2.18. The maximum absolute atomic E-state index is 11.1. The molecule has 0 amide bonds. The number of aryl methyl sites for hydroxylation is 1. The fraction of sp³-hybridized carbons (Fsp3) is 0.769. The third kappa shape index (κ3) is 4.13. The topological polar surface area (TPSA) is 68.0 Å². The highest BCUT2D eigenvalue weighted by atomic mass is 16.4. The molecule has 18 heavy (non-hydrogen) atoms. The molecular formula is C13H23N3O2. The van der Waals surface area contributed by atoms with Gasteiger partial charge in [-0.15, -0.1) is 5.10 Å². The number of nitrogens with zero attached hydrogens (tertiary/aromatic N) is 3. The first-order valence-corrected chi connectivity index (χ1v) is 6.71. The second-order valence-corrected chi connectivity index (χ2v) is 5.05. The first-order valence-electron chi connectivity index (χ1n) is 6.71. The van der Waals surface area contributed by atoms with Crippen molar-refractivity contribution in [2.75, 3.05) is 0 Å². The van der Waals surface area contributed by atoms with Gasteiger partial charge in [-0.05, 0) is 25.2 Å². The van der Waals surface area contributed by atoms with Crippen molar-refractivity contribution in [3.8, 4) is 0 Å². The molecule has 0 aliphatic heterocycles. The Bertz CT molecular complexity index is 386. The van der Waals surface area contributed by atoms with Crippen LogP contribution < -0.4 is 0 Å². The van der Waals surface area contributed by atoms with Gasteiger partial charge in [0.15, 0.2) is 5.69 Å². The van der Waals surface area contributed by atoms with Gasteiger partial charge >= 0.3 is 5.97 Å². The molecule has 0 spiro atoms. The highest BCUT2D eigenvalue weighted by Crippen LogP contribution is 2.13. The molecule has 1 N–H and O–H groups in total. The fourth-order valence-electron chi connectivity index (χ4n) is 1.86. The van der Waals surface area contributed by atoms with E-state index in [1.54, 1.807) is 4.68 Å². The summed E-state index contributed by atoms with van der Waals surface area (Å²) in [6.45, 7) is 7.17. The number of rotatable bonds is 8. The van der Waals surface area contributed by atoms with Crippen LogP contribution in [-0.4, -0.2) is 26.1 Å². The number of carbonyl (C=O) groups is 1. The Kier molecular flexibility index (Phi) is 5.82. The normalized spacial score (nSPS) is 11.1. The second-order valence-electron chi connectivity index (χ2n) is 5.05. The summed E-state index contributed by atoms with van der Waals surface area (Å²) in [4.78, 5) is 11.1. The van der Waals surface area contributed by atoms with Crippen molar-refractivity contribution in [1.82, 2.24) is 15.0 Å². The summed E-state index contributed by atoms with van der Waals surface area (Å²) in [6.07, 6.45) is 4.99. The molecule has 0 atom stereocenters. The molecule has 1 rings (SSSR count). The summed E-state index contributed by atoms with van der Waals surface area (Å²) in [5.41, 5.74) is 0.888. The molecule has 0 saturated carbocycles. The lowest BCUT2D eigenvalue weighted by Crippen LogP contribution is -2.10. The van der Waals surface area contributed by atoms with Gasteiger partial charge in [0.2, 0.25) is 0 Å². The van der Waals surface area contributed by atoms with Crippen molar-refractivity contribution >= 4 is 5.97 Å². The Morgan fingerprint density at radius 2 is 2.11 bits per heavy atom. The van der Waals surface area contributed by atoms with E-state index in [1.165, 1.54) is 0 Å². The summed E-state index contributed by atoms with van der Waals surface area (Å²) in [5.74, 6) is -0.430. The molecule has 5 nitrogen and oxygen atoms in total. The third-order valence-corrected chi connectivity index (χ3v) is 2.97. The molecule has 0 radical (unpaired) electrons. The minimum absolute atomic E-state index is 0.118. The van der Waals surface area contributed by atoms with E-state index >= 15 is 0 Å². The van der Waals surface area contributed by atoms with Crippen LogP contribution in [0.15, 0.2) is 0 Å². The number of hydrogen-bond acceptors (Lipinski definition) is 3. The Hall–Kier alpha value is -1.39. The second kappa shape index (κ2) is 7.13. The van der Waals surface area contributed by atoms with Crippen LogP contribution in [0.3, 0.4) is 0 Å². The van der Waals surface area contributed by atoms with E-state index in [4.69, 9.17) is 5.11 Å². The maximum Gasteiger partial charge on any atom is 0.358 e. The Morgan fingerprint density at radius 1 is 1.39 bits per heavy atom. The first kappa shape index (κ1) is 14.7. The van der Waals surface area contributed by atoms with E-state index in [-0.39, 0.29) is 5.69 Å². The summed E-state index contributed by atoms with van der Waals surface area (Å²) in [7, 11) is 0. The standard InChI is InChI=1S/C13H23N3O2/c1-4-5-6-9-16-11(8-7-10(2)3)12(13(17)18)14-15-16/h10H,4-9H2,1-3H3,(H,17,18). The van der Waals surface area contributed by atoms with Gasteiger partial charge in [-0.1, -0.05) is 38.8 Å². The molecule has 0 unspecified atom stereocenters. The van der Waals surface area contributed by atoms with Gasteiger partial charge < -0.3 is 5.11 Å². The van der Waals surface area contributed by atoms with Crippen LogP contribution in [0.1, 0.15) is 62.6 Å². The van der Waals surface area contributed by atoms with E-state index < -0.39 is 5.97 Å². The van der Waals surface area contributed by atoms with E-state index in [0.29, 0.717) is 5.92 Å². The van der Waals surface area contributed by atoms with Crippen LogP contribution in [0, 0.1) is 5.92 Å². The number of hydrogen-bond donors (Lipinski definition) is 1. The summed E-state index contributed by atoms with van der Waals surface area (Å²) >= 11 is 0. The number of aromatic nitrogens is 3.